The number of aliphatic hydroxyl groups is 1. The van der Waals surface area contributed by atoms with Crippen LogP contribution in [-0.4, -0.2) is 45.1 Å². The van der Waals surface area contributed by atoms with Crippen LogP contribution in [0.5, 0.6) is 0 Å². The number of H-pyrrole nitrogens is 1. The first-order valence-electron chi connectivity index (χ1n) is 6.64. The van der Waals surface area contributed by atoms with Crippen molar-refractivity contribution in [1.29, 1.82) is 0 Å². The summed E-state index contributed by atoms with van der Waals surface area (Å²) in [5.41, 5.74) is 2.25. The van der Waals surface area contributed by atoms with E-state index < -0.39 is 0 Å². The van der Waals surface area contributed by atoms with Crippen LogP contribution in [0, 0.1) is 12.8 Å². The predicted octanol–water partition coefficient (Wildman–Crippen LogP) is 0.416. The molecule has 0 saturated carbocycles. The summed E-state index contributed by atoms with van der Waals surface area (Å²) < 4.78 is 0. The summed E-state index contributed by atoms with van der Waals surface area (Å²) in [7, 11) is 0. The fourth-order valence-corrected chi connectivity index (χ4v) is 3.03. The Morgan fingerprint density at radius 1 is 1.50 bits per heavy atom. The second-order valence-corrected chi connectivity index (χ2v) is 5.41. The van der Waals surface area contributed by atoms with Gasteiger partial charge in [0.15, 0.2) is 0 Å². The van der Waals surface area contributed by atoms with Crippen LogP contribution in [0.25, 0.3) is 0 Å². The van der Waals surface area contributed by atoms with Gasteiger partial charge in [-0.3, -0.25) is 4.79 Å². The summed E-state index contributed by atoms with van der Waals surface area (Å²) in [5, 5.41) is 9.50. The van der Waals surface area contributed by atoms with Crippen molar-refractivity contribution in [3.63, 3.8) is 0 Å². The fourth-order valence-electron chi connectivity index (χ4n) is 3.03. The summed E-state index contributed by atoms with van der Waals surface area (Å²) in [6.07, 6.45) is 2.91. The van der Waals surface area contributed by atoms with Crippen molar-refractivity contribution >= 4 is 5.91 Å². The van der Waals surface area contributed by atoms with Gasteiger partial charge in [-0.1, -0.05) is 0 Å². The molecule has 1 saturated heterocycles. The van der Waals surface area contributed by atoms with Crippen molar-refractivity contribution in [3.05, 3.63) is 17.2 Å². The van der Waals surface area contributed by atoms with E-state index in [1.807, 2.05) is 11.8 Å². The Balaban J connectivity index is 1.70. The highest BCUT2D eigenvalue weighted by Gasteiger charge is 2.33. The van der Waals surface area contributed by atoms with Gasteiger partial charge in [-0.25, -0.2) is 4.98 Å². The van der Waals surface area contributed by atoms with Gasteiger partial charge in [-0.15, -0.1) is 0 Å². The van der Waals surface area contributed by atoms with Crippen molar-refractivity contribution in [2.24, 2.45) is 5.92 Å². The molecule has 0 spiro atoms. The molecule has 1 fully saturated rings. The molecule has 0 bridgehead atoms. The molecule has 3 rings (SSSR count). The average molecular weight is 249 g/mol. The second-order valence-electron chi connectivity index (χ2n) is 5.41. The molecular formula is C13H19N3O2. The maximum atomic E-state index is 12.3. The summed E-state index contributed by atoms with van der Waals surface area (Å²) in [5.74, 6) is 1.19. The Kier molecular flexibility index (Phi) is 2.86. The Morgan fingerprint density at radius 3 is 3.06 bits per heavy atom. The number of imidazole rings is 1. The molecule has 2 aliphatic rings. The van der Waals surface area contributed by atoms with Gasteiger partial charge < -0.3 is 15.0 Å². The molecule has 1 aliphatic heterocycles. The van der Waals surface area contributed by atoms with E-state index in [0.717, 1.165) is 36.5 Å². The van der Waals surface area contributed by atoms with E-state index in [1.54, 1.807) is 0 Å². The summed E-state index contributed by atoms with van der Waals surface area (Å²) >= 11 is 0. The normalized spacial score (nSPS) is 27.3. The number of rotatable bonds is 1. The maximum absolute atomic E-state index is 12.3. The first-order valence-corrected chi connectivity index (χ1v) is 6.64. The number of hydrogen-bond acceptors (Lipinski definition) is 3. The smallest absolute Gasteiger partial charge is 0.226 e. The number of β-amino-alcohol motifs (C(OH)–C–C–N with tert-alkyl or cyclic N) is 1. The van der Waals surface area contributed by atoms with Crippen molar-refractivity contribution < 1.29 is 9.90 Å². The number of hydrogen-bond donors (Lipinski definition) is 2. The first kappa shape index (κ1) is 11.7. The monoisotopic (exact) mass is 249 g/mol. The van der Waals surface area contributed by atoms with Crippen molar-refractivity contribution in [3.8, 4) is 0 Å². The third-order valence-electron chi connectivity index (χ3n) is 3.99. The summed E-state index contributed by atoms with van der Waals surface area (Å²) in [6.45, 7) is 3.15. The highest BCUT2D eigenvalue weighted by Crippen LogP contribution is 2.26. The number of aryl methyl sites for hydroxylation is 2. The van der Waals surface area contributed by atoms with Crippen LogP contribution in [0.15, 0.2) is 0 Å². The van der Waals surface area contributed by atoms with Gasteiger partial charge in [-0.05, 0) is 26.2 Å². The van der Waals surface area contributed by atoms with Crippen LogP contribution in [0.2, 0.25) is 0 Å². The van der Waals surface area contributed by atoms with Crippen molar-refractivity contribution in [2.75, 3.05) is 13.1 Å². The minimum absolute atomic E-state index is 0.0580. The van der Waals surface area contributed by atoms with Crippen molar-refractivity contribution in [1.82, 2.24) is 14.9 Å². The summed E-state index contributed by atoms with van der Waals surface area (Å²) in [6, 6.07) is 0. The lowest BCUT2D eigenvalue weighted by Gasteiger charge is -2.25. The van der Waals surface area contributed by atoms with Crippen LogP contribution in [-0.2, 0) is 17.6 Å². The topological polar surface area (TPSA) is 69.2 Å². The molecule has 1 aromatic heterocycles. The number of fused-ring (bicyclic) bond motifs is 1. The first-order chi connectivity index (χ1) is 8.63. The molecule has 1 aliphatic carbocycles. The van der Waals surface area contributed by atoms with Gasteiger partial charge in [-0.2, -0.15) is 0 Å². The molecular weight excluding hydrogens is 230 g/mol. The average Bonchev–Trinajstić information content (AvgIpc) is 2.92. The highest BCUT2D eigenvalue weighted by molar-refractivity contribution is 5.79. The Morgan fingerprint density at radius 2 is 2.33 bits per heavy atom. The van der Waals surface area contributed by atoms with E-state index in [1.165, 1.54) is 0 Å². The van der Waals surface area contributed by atoms with Gasteiger partial charge in [0.2, 0.25) is 5.91 Å². The number of carbonyl (C=O) groups excluding carboxylic acids is 1. The molecule has 2 N–H and O–H groups in total. The molecule has 0 radical (unpaired) electrons. The molecule has 1 amide bonds. The van der Waals surface area contributed by atoms with Crippen LogP contribution < -0.4 is 0 Å². The number of aromatic amines is 1. The number of carbonyl (C=O) groups is 1. The quantitative estimate of drug-likeness (QED) is 0.757. The van der Waals surface area contributed by atoms with Gasteiger partial charge >= 0.3 is 0 Å². The molecule has 2 atom stereocenters. The van der Waals surface area contributed by atoms with E-state index in [2.05, 4.69) is 9.97 Å². The zero-order valence-electron chi connectivity index (χ0n) is 10.6. The predicted molar refractivity (Wildman–Crippen MR) is 66.0 cm³/mol. The number of nitrogens with zero attached hydrogens (tertiary/aromatic N) is 2. The van der Waals surface area contributed by atoms with Crippen LogP contribution >= 0.6 is 0 Å². The third kappa shape index (κ3) is 2.03. The van der Waals surface area contributed by atoms with E-state index in [9.17, 15) is 9.90 Å². The van der Waals surface area contributed by atoms with Crippen LogP contribution in [0.4, 0.5) is 0 Å². The largest absolute Gasteiger partial charge is 0.391 e. The van der Waals surface area contributed by atoms with Crippen LogP contribution in [0.3, 0.4) is 0 Å². The van der Waals surface area contributed by atoms with Gasteiger partial charge in [0, 0.05) is 31.1 Å². The lowest BCUT2D eigenvalue weighted by Crippen LogP contribution is -2.37. The SMILES string of the molecule is Cc1nc2c([nH]1)CC(C(=O)N1CCC(O)C1)CC2. The zero-order chi connectivity index (χ0) is 12.7. The van der Waals surface area contributed by atoms with E-state index in [-0.39, 0.29) is 17.9 Å². The minimum Gasteiger partial charge on any atom is -0.391 e. The fraction of sp³-hybridized carbons (Fsp3) is 0.692. The molecule has 2 heterocycles. The van der Waals surface area contributed by atoms with Gasteiger partial charge in [0.1, 0.15) is 5.82 Å². The standard InChI is InChI=1S/C13H19N3O2/c1-8-14-11-3-2-9(6-12(11)15-8)13(18)16-5-4-10(17)7-16/h9-10,17H,2-7H2,1H3,(H,14,15). The molecule has 98 valence electrons. The van der Waals surface area contributed by atoms with E-state index in [4.69, 9.17) is 0 Å². The number of likely N-dealkylation sites (tertiary alicyclic amines) is 1. The lowest BCUT2D eigenvalue weighted by atomic mass is 9.89. The molecule has 2 unspecified atom stereocenters. The number of nitrogens with one attached hydrogen (secondary N) is 1. The molecule has 5 heteroatoms. The van der Waals surface area contributed by atoms with E-state index in [0.29, 0.717) is 19.5 Å². The lowest BCUT2D eigenvalue weighted by molar-refractivity contribution is -0.135. The van der Waals surface area contributed by atoms with E-state index >= 15 is 0 Å². The zero-order valence-corrected chi connectivity index (χ0v) is 10.6. The maximum Gasteiger partial charge on any atom is 0.226 e. The summed E-state index contributed by atoms with van der Waals surface area (Å²) in [4.78, 5) is 21.8. The Bertz CT molecular complexity index is 469. The van der Waals surface area contributed by atoms with Gasteiger partial charge in [0.25, 0.3) is 0 Å². The minimum atomic E-state index is -0.331. The molecule has 1 aromatic rings. The Labute approximate surface area is 106 Å². The number of aliphatic hydroxyl groups excluding tert-OH is 1. The molecule has 0 aromatic carbocycles. The third-order valence-corrected chi connectivity index (χ3v) is 3.99. The highest BCUT2D eigenvalue weighted by atomic mass is 16.3. The molecule has 5 nitrogen and oxygen atoms in total. The van der Waals surface area contributed by atoms with Gasteiger partial charge in [0.05, 0.1) is 11.8 Å². The second kappa shape index (κ2) is 4.39. The van der Waals surface area contributed by atoms with Crippen molar-refractivity contribution in [2.45, 2.75) is 38.7 Å². The number of amides is 1. The Hall–Kier alpha value is -1.36. The molecule has 18 heavy (non-hydrogen) atoms. The number of aromatic nitrogens is 2. The van der Waals surface area contributed by atoms with Crippen LogP contribution in [0.1, 0.15) is 30.1 Å².